The predicted molar refractivity (Wildman–Crippen MR) is 370 cm³/mol. The molecule has 15 atom stereocenters. The van der Waals surface area contributed by atoms with Crippen molar-refractivity contribution in [1.82, 2.24) is 60.3 Å². The minimum Gasteiger partial charge on any atom is -0.481 e. The van der Waals surface area contributed by atoms with Gasteiger partial charge in [-0.1, -0.05) is 64.2 Å². The van der Waals surface area contributed by atoms with Crippen LogP contribution in [0.25, 0.3) is 22.3 Å². The lowest BCUT2D eigenvalue weighted by Gasteiger charge is -2.30. The third kappa shape index (κ3) is 29.4. The molecule has 6 heterocycles. The molecule has 5 unspecified atom stereocenters. The first-order valence-corrected chi connectivity index (χ1v) is 42.4. The maximum absolute atomic E-state index is 12.7. The van der Waals surface area contributed by atoms with Crippen LogP contribution < -0.4 is 32.7 Å². The lowest BCUT2D eigenvalue weighted by atomic mass is 9.87. The van der Waals surface area contributed by atoms with Gasteiger partial charge in [-0.25, -0.2) is 57.3 Å². The summed E-state index contributed by atoms with van der Waals surface area (Å²) in [6.45, 7) is 3.86. The number of nitrogens with one attached hydrogen (secondary N) is 4. The maximum Gasteiger partial charge on any atom is 0.481 e. The quantitative estimate of drug-likeness (QED) is 0.00989. The molecule has 50 nitrogen and oxygen atoms in total. The Labute approximate surface area is 624 Å². The fourth-order valence-corrected chi connectivity index (χ4v) is 16.5. The molecular formula is C51H82N14O36P6S2. The summed E-state index contributed by atoms with van der Waals surface area (Å²) in [5.41, 5.74) is 8.45. The number of anilines is 2. The number of carboxylic acid groups (broad SMARTS) is 1. The number of hydrogen-bond acceptors (Lipinski definition) is 37. The van der Waals surface area contributed by atoms with Gasteiger partial charge < -0.3 is 107 Å². The molecule has 6 rings (SSSR count). The molecule has 109 heavy (non-hydrogen) atoms. The fourth-order valence-electron chi connectivity index (χ4n) is 9.29. The minimum absolute atomic E-state index is 0.0186. The Bertz CT molecular complexity index is 4190. The molecule has 614 valence electrons. The number of carboxylic acids is 1. The number of imidazole rings is 2. The first-order valence-electron chi connectivity index (χ1n) is 31.4. The standard InChI is InChI=1S/C26H42N7O19P3S.C25H40N7O17P3S/c1-4-13(24(38)39)25(40)56-8-7-28-15(34)5-6-29-22(37)19(36)26(2,3)10-49-55(46,47)52-54(44,45)48-9-14-18(51-53(41,42)43)17(35)23(50-14)33-12-32-16-20(27)30-11-31-21(16)33;1-4-5-16(34)53-9-8-27-15(33)6-7-28-23(37)20(36)25(2,3)11-46-52(43,44)49-51(41,42)45-10-14-19(48-50(38,39)40)18(35)24(47-14)32-13-31-17-21(26)29-12-30-22(17)32/h11-14,17-19,23,35-36H,4-10H2,1-3H3,(H,28,34)(H,29,37)(H,38,39)(H,44,45)(H,46,47)(H2,27,30,31)(H2,41,42,43);4-5,12-14,18-20,24,35-36H,6-11H2,1-3H3,(H,27,33)(H,28,37)(H,41,42)(H,43,44)(H2,26,29,30)(H2,38,39,40)/b;5-4+/t13?,14-,17-,18-,19+,23-;14-,18-,19-,20+,24-/m11/s1. The molecule has 2 aliphatic rings. The summed E-state index contributed by atoms with van der Waals surface area (Å²) in [5.74, 6) is -5.05. The smallest absolute Gasteiger partial charge is 0.481 e. The number of phosphoric acid groups is 6. The zero-order valence-electron chi connectivity index (χ0n) is 57.9. The number of carbonyl (C=O) groups excluding carboxylic acids is 6. The molecule has 2 saturated heterocycles. The summed E-state index contributed by atoms with van der Waals surface area (Å²) in [4.78, 5) is 185. The van der Waals surface area contributed by atoms with Crippen LogP contribution >= 0.6 is 70.5 Å². The minimum atomic E-state index is -5.59. The van der Waals surface area contributed by atoms with Gasteiger partial charge >= 0.3 is 52.9 Å². The SMILES string of the molecule is C/C=C/C(=O)SCCNC(=O)CCNC(=O)[C@H](O)C(C)(C)COP(=O)(O)OP(=O)(O)OC[C@H]1O[C@@H](n2cnc3c(N)ncnc32)[C@H](O)[C@@H]1OP(=O)(O)O.CCC(C(=O)O)C(=O)SCCNC(=O)CCNC(=O)[C@H](O)C(C)(C)COP(=O)(O)OP(=O)(O)OC[C@H]1O[C@@H](n2cnc3c(N)ncnc32)[C@H](O)[C@@H]1OP(=O)(O)O. The molecule has 58 heteroatoms. The van der Waals surface area contributed by atoms with Gasteiger partial charge in [-0.2, -0.15) is 8.62 Å². The second kappa shape index (κ2) is 40.4. The molecule has 0 bridgehead atoms. The number of fused-ring (bicyclic) bond motifs is 2. The Morgan fingerprint density at radius 1 is 0.587 bits per heavy atom. The van der Waals surface area contributed by atoms with Gasteiger partial charge in [0, 0.05) is 61.4 Å². The van der Waals surface area contributed by atoms with E-state index in [1.54, 1.807) is 19.9 Å². The third-order valence-corrected chi connectivity index (χ3v) is 22.8. The van der Waals surface area contributed by atoms with E-state index in [0.717, 1.165) is 58.0 Å². The van der Waals surface area contributed by atoms with E-state index >= 15 is 0 Å². The number of hydrogen-bond donors (Lipinski definition) is 19. The highest BCUT2D eigenvalue weighted by Crippen LogP contribution is 2.63. The van der Waals surface area contributed by atoms with Gasteiger partial charge in [-0.15, -0.1) is 0 Å². The monoisotopic (exact) mass is 1720 g/mol. The van der Waals surface area contributed by atoms with Crippen LogP contribution in [0.3, 0.4) is 0 Å². The number of allylic oxidation sites excluding steroid dienone is 1. The number of aliphatic carboxylic acids is 1. The van der Waals surface area contributed by atoms with Crippen molar-refractivity contribution in [3.63, 3.8) is 0 Å². The van der Waals surface area contributed by atoms with Crippen LogP contribution in [-0.2, 0) is 106 Å². The van der Waals surface area contributed by atoms with E-state index < -0.39 is 186 Å². The van der Waals surface area contributed by atoms with E-state index in [2.05, 4.69) is 68.8 Å². The molecule has 2 fully saturated rings. The average Bonchev–Trinajstić information content (AvgIpc) is 1.62. The number of thioether (sulfide) groups is 2. The van der Waals surface area contributed by atoms with Gasteiger partial charge in [0.25, 0.3) is 0 Å². The van der Waals surface area contributed by atoms with Crippen molar-refractivity contribution in [2.24, 2.45) is 16.7 Å². The van der Waals surface area contributed by atoms with E-state index in [1.807, 2.05) is 0 Å². The Balaban J connectivity index is 0.000000391. The van der Waals surface area contributed by atoms with Gasteiger partial charge in [0.05, 0.1) is 39.1 Å². The first kappa shape index (κ1) is 93.9. The number of carbonyl (C=O) groups is 7. The highest BCUT2D eigenvalue weighted by Gasteiger charge is 2.53. The Morgan fingerprint density at radius 2 is 0.963 bits per heavy atom. The largest absolute Gasteiger partial charge is 0.481 e. The van der Waals surface area contributed by atoms with Crippen molar-refractivity contribution >= 4 is 144 Å². The summed E-state index contributed by atoms with van der Waals surface area (Å²) in [6.07, 6.45) is -10.9. The van der Waals surface area contributed by atoms with Crippen molar-refractivity contribution in [2.45, 2.75) is 122 Å². The summed E-state index contributed by atoms with van der Waals surface area (Å²) in [7, 11) is -32.8. The number of phosphoric ester groups is 6. The molecule has 0 spiro atoms. The topological polar surface area (TPSA) is 765 Å². The average molecular weight is 1720 g/mol. The van der Waals surface area contributed by atoms with Gasteiger partial charge in [0.2, 0.25) is 33.9 Å². The normalized spacial score (nSPS) is 22.3. The van der Waals surface area contributed by atoms with Gasteiger partial charge in [0.1, 0.15) is 78.4 Å². The number of amides is 4. The zero-order chi connectivity index (χ0) is 82.0. The fraction of sp³-hybridized carbons (Fsp3) is 0.627. The van der Waals surface area contributed by atoms with Crippen LogP contribution in [0.2, 0.25) is 0 Å². The molecule has 0 saturated carbocycles. The predicted octanol–water partition coefficient (Wildman–Crippen LogP) is -1.98. The van der Waals surface area contributed by atoms with Crippen molar-refractivity contribution in [3.05, 3.63) is 37.5 Å². The number of nitrogens with zero attached hydrogens (tertiary/aromatic N) is 8. The van der Waals surface area contributed by atoms with Crippen LogP contribution in [0.1, 0.15) is 73.3 Å². The molecular weight excluding hydrogens is 1630 g/mol. The van der Waals surface area contributed by atoms with E-state index in [-0.39, 0.29) is 90.3 Å². The molecule has 0 radical (unpaired) electrons. The van der Waals surface area contributed by atoms with Crippen LogP contribution in [0.15, 0.2) is 37.5 Å². The lowest BCUT2D eigenvalue weighted by Crippen LogP contribution is -2.46. The molecule has 2 aliphatic heterocycles. The van der Waals surface area contributed by atoms with Crippen LogP contribution in [0.4, 0.5) is 11.6 Å². The Kier molecular flexibility index (Phi) is 34.8. The molecule has 4 aromatic heterocycles. The maximum atomic E-state index is 12.7. The van der Waals surface area contributed by atoms with Crippen molar-refractivity contribution in [1.29, 1.82) is 0 Å². The van der Waals surface area contributed by atoms with E-state index in [9.17, 15) is 121 Å². The summed E-state index contributed by atoms with van der Waals surface area (Å²) < 4.78 is 124. The number of nitrogens with two attached hydrogens (primary N) is 2. The summed E-state index contributed by atoms with van der Waals surface area (Å²) >= 11 is 1.76. The van der Waals surface area contributed by atoms with E-state index in [1.165, 1.54) is 33.8 Å². The van der Waals surface area contributed by atoms with Crippen molar-refractivity contribution < 1.29 is 171 Å². The second-order valence-electron chi connectivity index (χ2n) is 24.3. The number of nitrogen functional groups attached to an aromatic ring is 2. The van der Waals surface area contributed by atoms with Gasteiger partial charge in [0.15, 0.2) is 35.4 Å². The van der Waals surface area contributed by atoms with E-state index in [0.29, 0.717) is 5.75 Å². The van der Waals surface area contributed by atoms with Crippen molar-refractivity contribution in [2.75, 3.05) is 75.6 Å². The number of ether oxygens (including phenoxy) is 2. The molecule has 21 N–H and O–H groups in total. The summed E-state index contributed by atoms with van der Waals surface area (Å²) in [5, 5.41) is 60.7. The lowest BCUT2D eigenvalue weighted by molar-refractivity contribution is -0.144. The number of aromatic nitrogens is 8. The zero-order valence-corrected chi connectivity index (χ0v) is 64.9. The van der Waals surface area contributed by atoms with Gasteiger partial charge in [-0.05, 0) is 19.4 Å². The third-order valence-electron chi connectivity index (χ3n) is 14.8. The molecule has 0 aliphatic carbocycles. The Morgan fingerprint density at radius 3 is 1.32 bits per heavy atom. The van der Waals surface area contributed by atoms with Crippen LogP contribution in [-0.4, -0.2) is 256 Å². The first-order chi connectivity index (χ1) is 50.4. The van der Waals surface area contributed by atoms with E-state index in [4.69, 9.17) is 44.1 Å². The number of aliphatic hydroxyl groups excluding tert-OH is 4. The second-order valence-corrected chi connectivity index (χ2v) is 34.9. The van der Waals surface area contributed by atoms with Crippen LogP contribution in [0, 0.1) is 16.7 Å². The Hall–Kier alpha value is -5.67. The molecule has 4 amide bonds. The van der Waals surface area contributed by atoms with Crippen molar-refractivity contribution in [3.8, 4) is 0 Å². The summed E-state index contributed by atoms with van der Waals surface area (Å²) in [6, 6.07) is 0. The highest BCUT2D eigenvalue weighted by molar-refractivity contribution is 8.14. The van der Waals surface area contributed by atoms with Crippen LogP contribution in [0.5, 0.6) is 0 Å². The molecule has 0 aromatic carbocycles. The number of aliphatic hydroxyl groups is 4. The molecule has 4 aromatic rings. The highest BCUT2D eigenvalue weighted by atomic mass is 32.2. The number of rotatable bonds is 42. The van der Waals surface area contributed by atoms with Gasteiger partial charge in [-0.3, -0.25) is 69.8 Å².